The van der Waals surface area contributed by atoms with Crippen molar-refractivity contribution < 1.29 is 9.59 Å². The molecule has 1 aromatic carbocycles. The van der Waals surface area contributed by atoms with Gasteiger partial charge in [-0.3, -0.25) is 4.79 Å². The molecule has 3 amide bonds. The van der Waals surface area contributed by atoms with Crippen molar-refractivity contribution in [1.29, 1.82) is 0 Å². The maximum atomic E-state index is 12.5. The molecule has 1 atom stereocenters. The van der Waals surface area contributed by atoms with Gasteiger partial charge in [0.2, 0.25) is 5.91 Å². The maximum absolute atomic E-state index is 12.5. The van der Waals surface area contributed by atoms with Crippen LogP contribution in [0.1, 0.15) is 20.8 Å². The average Bonchev–Trinajstić information content (AvgIpc) is 2.42. The number of hydrogen-bond acceptors (Lipinski definition) is 2. The lowest BCUT2D eigenvalue weighted by Crippen LogP contribution is -2.60. The third-order valence-electron chi connectivity index (χ3n) is 3.47. The van der Waals surface area contributed by atoms with Crippen molar-refractivity contribution in [3.05, 3.63) is 29.3 Å². The number of carbonyl (C=O) groups excluding carboxylic acids is 2. The second-order valence-electron chi connectivity index (χ2n) is 5.44. The molecule has 0 radical (unpaired) electrons. The summed E-state index contributed by atoms with van der Waals surface area (Å²) < 4.78 is 0. The molecule has 114 valence electrons. The van der Waals surface area contributed by atoms with E-state index in [4.69, 9.17) is 11.6 Å². The number of halogens is 1. The number of nitrogens with one attached hydrogen (secondary N) is 1. The summed E-state index contributed by atoms with van der Waals surface area (Å²) in [5, 5.41) is 3.46. The van der Waals surface area contributed by atoms with Crippen LogP contribution in [-0.4, -0.2) is 42.0 Å². The van der Waals surface area contributed by atoms with Crippen LogP contribution in [0.4, 0.5) is 10.5 Å². The second-order valence-corrected chi connectivity index (χ2v) is 5.88. The summed E-state index contributed by atoms with van der Waals surface area (Å²) >= 11 is 5.86. The zero-order valence-electron chi connectivity index (χ0n) is 12.5. The van der Waals surface area contributed by atoms with Gasteiger partial charge in [-0.25, -0.2) is 4.79 Å². The lowest BCUT2D eigenvalue weighted by atomic mass is 10.1. The van der Waals surface area contributed by atoms with Crippen molar-refractivity contribution in [2.24, 2.45) is 0 Å². The van der Waals surface area contributed by atoms with Crippen molar-refractivity contribution in [3.8, 4) is 0 Å². The predicted octanol–water partition coefficient (Wildman–Crippen LogP) is 2.50. The van der Waals surface area contributed by atoms with Crippen LogP contribution in [0.15, 0.2) is 24.3 Å². The van der Waals surface area contributed by atoms with E-state index in [0.29, 0.717) is 18.1 Å². The Kier molecular flexibility index (Phi) is 4.73. The number of anilines is 1. The van der Waals surface area contributed by atoms with E-state index >= 15 is 0 Å². The number of nitrogens with zero attached hydrogens (tertiary/aromatic N) is 2. The molecule has 1 aliphatic rings. The number of amides is 3. The standard InChI is InChI=1S/C15H20ClN3O2/c1-10(2)17-15(21)18-8-9-19(14(20)11(18)3)13-6-4-12(16)5-7-13/h4-7,10-11H,8-9H2,1-3H3,(H,17,21). The van der Waals surface area contributed by atoms with Crippen molar-refractivity contribution in [3.63, 3.8) is 0 Å². The fourth-order valence-corrected chi connectivity index (χ4v) is 2.48. The number of hydrogen-bond donors (Lipinski definition) is 1. The van der Waals surface area contributed by atoms with Gasteiger partial charge in [-0.15, -0.1) is 0 Å². The molecule has 2 rings (SSSR count). The predicted molar refractivity (Wildman–Crippen MR) is 83.6 cm³/mol. The summed E-state index contributed by atoms with van der Waals surface area (Å²) in [7, 11) is 0. The number of urea groups is 1. The summed E-state index contributed by atoms with van der Waals surface area (Å²) in [6.45, 7) is 6.54. The van der Waals surface area contributed by atoms with Crippen molar-refractivity contribution in [1.82, 2.24) is 10.2 Å². The van der Waals surface area contributed by atoms with Crippen LogP contribution in [0.3, 0.4) is 0 Å². The van der Waals surface area contributed by atoms with Gasteiger partial charge in [0, 0.05) is 29.8 Å². The Hall–Kier alpha value is -1.75. The molecular formula is C15H20ClN3O2. The van der Waals surface area contributed by atoms with Crippen LogP contribution in [0.5, 0.6) is 0 Å². The SMILES string of the molecule is CC(C)NC(=O)N1CCN(c2ccc(Cl)cc2)C(=O)C1C. The normalized spacial score (nSPS) is 19.1. The van der Waals surface area contributed by atoms with Crippen LogP contribution in [0, 0.1) is 0 Å². The van der Waals surface area contributed by atoms with E-state index in [-0.39, 0.29) is 18.0 Å². The molecule has 5 nitrogen and oxygen atoms in total. The van der Waals surface area contributed by atoms with Crippen LogP contribution >= 0.6 is 11.6 Å². The summed E-state index contributed by atoms with van der Waals surface area (Å²) in [5.41, 5.74) is 0.806. The van der Waals surface area contributed by atoms with E-state index in [0.717, 1.165) is 5.69 Å². The van der Waals surface area contributed by atoms with Gasteiger partial charge in [-0.05, 0) is 45.0 Å². The molecule has 1 aliphatic heterocycles. The maximum Gasteiger partial charge on any atom is 0.318 e. The largest absolute Gasteiger partial charge is 0.336 e. The molecule has 0 spiro atoms. The van der Waals surface area contributed by atoms with E-state index in [9.17, 15) is 9.59 Å². The Morgan fingerprint density at radius 2 is 1.90 bits per heavy atom. The van der Waals surface area contributed by atoms with E-state index in [1.54, 1.807) is 28.9 Å². The lowest BCUT2D eigenvalue weighted by Gasteiger charge is -2.39. The summed E-state index contributed by atoms with van der Waals surface area (Å²) in [4.78, 5) is 27.8. The van der Waals surface area contributed by atoms with Crippen molar-refractivity contribution in [2.75, 3.05) is 18.0 Å². The minimum atomic E-state index is -0.479. The third kappa shape index (κ3) is 3.47. The quantitative estimate of drug-likeness (QED) is 0.912. The minimum absolute atomic E-state index is 0.0501. The van der Waals surface area contributed by atoms with Gasteiger partial charge >= 0.3 is 6.03 Å². The van der Waals surface area contributed by atoms with Gasteiger partial charge < -0.3 is 15.1 Å². The Labute approximate surface area is 129 Å². The topological polar surface area (TPSA) is 52.7 Å². The molecule has 1 heterocycles. The fraction of sp³-hybridized carbons (Fsp3) is 0.467. The Balaban J connectivity index is 2.10. The summed E-state index contributed by atoms with van der Waals surface area (Å²) in [6, 6.07) is 6.52. The highest BCUT2D eigenvalue weighted by molar-refractivity contribution is 6.30. The smallest absolute Gasteiger partial charge is 0.318 e. The van der Waals surface area contributed by atoms with Gasteiger partial charge in [0.1, 0.15) is 6.04 Å². The highest BCUT2D eigenvalue weighted by atomic mass is 35.5. The van der Waals surface area contributed by atoms with Crippen LogP contribution in [0.2, 0.25) is 5.02 Å². The first-order chi connectivity index (χ1) is 9.90. The van der Waals surface area contributed by atoms with E-state index in [1.165, 1.54) is 0 Å². The second kappa shape index (κ2) is 6.35. The average molecular weight is 310 g/mol. The molecular weight excluding hydrogens is 290 g/mol. The van der Waals surface area contributed by atoms with Crippen LogP contribution in [0.25, 0.3) is 0 Å². The van der Waals surface area contributed by atoms with E-state index < -0.39 is 6.04 Å². The summed E-state index contributed by atoms with van der Waals surface area (Å²) in [6.07, 6.45) is 0. The highest BCUT2D eigenvalue weighted by Crippen LogP contribution is 2.22. The van der Waals surface area contributed by atoms with Crippen LogP contribution < -0.4 is 10.2 Å². The lowest BCUT2D eigenvalue weighted by molar-refractivity contribution is -0.124. The fourth-order valence-electron chi connectivity index (χ4n) is 2.36. The Bertz CT molecular complexity index is 530. The highest BCUT2D eigenvalue weighted by Gasteiger charge is 2.35. The number of piperazine rings is 1. The van der Waals surface area contributed by atoms with E-state index in [1.807, 2.05) is 26.0 Å². The summed E-state index contributed by atoms with van der Waals surface area (Å²) in [5.74, 6) is -0.0810. The van der Waals surface area contributed by atoms with Gasteiger partial charge in [0.25, 0.3) is 0 Å². The molecule has 0 aromatic heterocycles. The van der Waals surface area contributed by atoms with Gasteiger partial charge in [-0.2, -0.15) is 0 Å². The van der Waals surface area contributed by atoms with Crippen molar-refractivity contribution >= 4 is 29.2 Å². The molecule has 6 heteroatoms. The molecule has 21 heavy (non-hydrogen) atoms. The first kappa shape index (κ1) is 15.6. The molecule has 1 N–H and O–H groups in total. The Morgan fingerprint density at radius 3 is 2.48 bits per heavy atom. The Morgan fingerprint density at radius 1 is 1.29 bits per heavy atom. The molecule has 0 aliphatic carbocycles. The van der Waals surface area contributed by atoms with E-state index in [2.05, 4.69) is 5.32 Å². The van der Waals surface area contributed by atoms with Gasteiger partial charge in [-0.1, -0.05) is 11.6 Å². The molecule has 0 saturated carbocycles. The van der Waals surface area contributed by atoms with Gasteiger partial charge in [0.05, 0.1) is 0 Å². The van der Waals surface area contributed by atoms with Gasteiger partial charge in [0.15, 0.2) is 0 Å². The van der Waals surface area contributed by atoms with Crippen molar-refractivity contribution in [2.45, 2.75) is 32.9 Å². The molecule has 1 saturated heterocycles. The number of rotatable bonds is 2. The first-order valence-corrected chi connectivity index (χ1v) is 7.42. The van der Waals surface area contributed by atoms with Crippen LogP contribution in [-0.2, 0) is 4.79 Å². The molecule has 1 aromatic rings. The number of carbonyl (C=O) groups is 2. The molecule has 1 fully saturated rings. The zero-order valence-corrected chi connectivity index (χ0v) is 13.2. The molecule has 1 unspecified atom stereocenters. The zero-order chi connectivity index (χ0) is 15.6. The monoisotopic (exact) mass is 309 g/mol. The first-order valence-electron chi connectivity index (χ1n) is 7.04. The molecule has 0 bridgehead atoms. The minimum Gasteiger partial charge on any atom is -0.336 e. The number of benzene rings is 1. The third-order valence-corrected chi connectivity index (χ3v) is 3.72.